The number of benzene rings is 1. The zero-order valence-electron chi connectivity index (χ0n) is 11.4. The minimum atomic E-state index is -0.231. The minimum absolute atomic E-state index is 0.231. The van der Waals surface area contributed by atoms with E-state index in [1.165, 1.54) is 0 Å². The van der Waals surface area contributed by atoms with Crippen molar-refractivity contribution in [3.63, 3.8) is 0 Å². The number of hydrogen-bond acceptors (Lipinski definition) is 3. The Morgan fingerprint density at radius 1 is 1.42 bits per heavy atom. The number of rotatable bonds is 3. The number of carbonyl (C=O) groups is 1. The third-order valence-corrected chi connectivity index (χ3v) is 2.96. The van der Waals surface area contributed by atoms with Gasteiger partial charge in [-0.25, -0.2) is 0 Å². The summed E-state index contributed by atoms with van der Waals surface area (Å²) < 4.78 is 1.62. The van der Waals surface area contributed by atoms with E-state index >= 15 is 0 Å². The average Bonchev–Trinajstić information content (AvgIpc) is 2.65. The zero-order valence-corrected chi connectivity index (χ0v) is 11.4. The number of amides is 1. The lowest BCUT2D eigenvalue weighted by molar-refractivity contribution is 0.101. The van der Waals surface area contributed by atoms with Crippen LogP contribution in [0.15, 0.2) is 24.3 Å². The van der Waals surface area contributed by atoms with Crippen molar-refractivity contribution in [3.05, 3.63) is 41.2 Å². The first-order valence-corrected chi connectivity index (χ1v) is 6.23. The number of nitrogen functional groups attached to an aromatic ring is 1. The van der Waals surface area contributed by atoms with Gasteiger partial charge in [-0.2, -0.15) is 5.10 Å². The molecule has 100 valence electrons. The molecule has 5 nitrogen and oxygen atoms in total. The number of hydrogen-bond donors (Lipinski definition) is 2. The van der Waals surface area contributed by atoms with Crippen LogP contribution in [0.3, 0.4) is 0 Å². The smallest absolute Gasteiger partial charge is 0.276 e. The summed E-state index contributed by atoms with van der Waals surface area (Å²) >= 11 is 0. The van der Waals surface area contributed by atoms with Crippen molar-refractivity contribution < 1.29 is 4.79 Å². The molecule has 0 saturated carbocycles. The van der Waals surface area contributed by atoms with Gasteiger partial charge >= 0.3 is 0 Å². The largest absolute Gasteiger partial charge is 0.395 e. The second-order valence-corrected chi connectivity index (χ2v) is 4.49. The fourth-order valence-corrected chi connectivity index (χ4v) is 1.98. The summed E-state index contributed by atoms with van der Waals surface area (Å²) in [7, 11) is 0. The predicted octanol–water partition coefficient (Wildman–Crippen LogP) is 2.35. The molecule has 0 radical (unpaired) electrons. The number of nitrogens with one attached hydrogen (secondary N) is 1. The van der Waals surface area contributed by atoms with Crippen LogP contribution in [0.5, 0.6) is 0 Å². The summed E-state index contributed by atoms with van der Waals surface area (Å²) in [4.78, 5) is 12.3. The normalized spacial score (nSPS) is 10.5. The quantitative estimate of drug-likeness (QED) is 0.887. The Kier molecular flexibility index (Phi) is 3.55. The number of aryl methyl sites for hydroxylation is 3. The molecule has 0 bridgehead atoms. The molecule has 0 saturated heterocycles. The molecule has 1 heterocycles. The lowest BCUT2D eigenvalue weighted by atomic mass is 10.2. The van der Waals surface area contributed by atoms with Crippen LogP contribution in [0.2, 0.25) is 0 Å². The van der Waals surface area contributed by atoms with Gasteiger partial charge in [0.15, 0.2) is 0 Å². The van der Waals surface area contributed by atoms with Gasteiger partial charge in [0.1, 0.15) is 5.69 Å². The van der Waals surface area contributed by atoms with Crippen LogP contribution in [0, 0.1) is 13.8 Å². The Morgan fingerprint density at radius 3 is 2.79 bits per heavy atom. The molecule has 0 atom stereocenters. The van der Waals surface area contributed by atoms with E-state index in [1.54, 1.807) is 11.6 Å². The number of nitrogens with zero attached hydrogens (tertiary/aromatic N) is 2. The summed E-state index contributed by atoms with van der Waals surface area (Å²) in [5, 5.41) is 7.09. The summed E-state index contributed by atoms with van der Waals surface area (Å²) in [5.74, 6) is -0.231. The van der Waals surface area contributed by atoms with Crippen LogP contribution in [0.25, 0.3) is 0 Å². The lowest BCUT2D eigenvalue weighted by Gasteiger charge is -2.08. The maximum Gasteiger partial charge on any atom is 0.276 e. The molecule has 2 aromatic rings. The van der Waals surface area contributed by atoms with Gasteiger partial charge in [-0.05, 0) is 38.5 Å². The molecule has 0 aliphatic rings. The Labute approximate surface area is 112 Å². The molecule has 1 aromatic heterocycles. The standard InChI is InChI=1S/C14H18N4O/c1-4-18-13(12(15)10(3)17-18)14(19)16-11-7-5-6-9(2)8-11/h5-8H,4,15H2,1-3H3,(H,16,19). The molecule has 5 heteroatoms. The molecule has 19 heavy (non-hydrogen) atoms. The first-order chi connectivity index (χ1) is 9.02. The molecular weight excluding hydrogens is 240 g/mol. The third-order valence-electron chi connectivity index (χ3n) is 2.96. The SMILES string of the molecule is CCn1nc(C)c(N)c1C(=O)Nc1cccc(C)c1. The maximum atomic E-state index is 12.3. The third kappa shape index (κ3) is 2.59. The highest BCUT2D eigenvalue weighted by atomic mass is 16.2. The Balaban J connectivity index is 2.30. The maximum absolute atomic E-state index is 12.3. The Morgan fingerprint density at radius 2 is 2.16 bits per heavy atom. The minimum Gasteiger partial charge on any atom is -0.395 e. The second kappa shape index (κ2) is 5.14. The van der Waals surface area contributed by atoms with E-state index < -0.39 is 0 Å². The van der Waals surface area contributed by atoms with Gasteiger partial charge in [-0.1, -0.05) is 12.1 Å². The zero-order chi connectivity index (χ0) is 14.0. The van der Waals surface area contributed by atoms with Gasteiger partial charge in [-0.15, -0.1) is 0 Å². The summed E-state index contributed by atoms with van der Waals surface area (Å²) in [6.45, 7) is 6.30. The molecule has 0 aliphatic heterocycles. The molecule has 0 fully saturated rings. The van der Waals surface area contributed by atoms with E-state index in [2.05, 4.69) is 10.4 Å². The number of anilines is 2. The van der Waals surface area contributed by atoms with Gasteiger partial charge in [0.05, 0.1) is 11.4 Å². The van der Waals surface area contributed by atoms with Crippen molar-refractivity contribution in [1.29, 1.82) is 0 Å². The topological polar surface area (TPSA) is 72.9 Å². The van der Waals surface area contributed by atoms with Crippen LogP contribution < -0.4 is 11.1 Å². The lowest BCUT2D eigenvalue weighted by Crippen LogP contribution is -2.18. The van der Waals surface area contributed by atoms with E-state index in [9.17, 15) is 4.79 Å². The highest BCUT2D eigenvalue weighted by molar-refractivity contribution is 6.06. The van der Waals surface area contributed by atoms with E-state index in [1.807, 2.05) is 38.1 Å². The van der Waals surface area contributed by atoms with Crippen LogP contribution in [0.4, 0.5) is 11.4 Å². The number of carbonyl (C=O) groups excluding carboxylic acids is 1. The predicted molar refractivity (Wildman–Crippen MR) is 76.2 cm³/mol. The average molecular weight is 258 g/mol. The highest BCUT2D eigenvalue weighted by Crippen LogP contribution is 2.18. The summed E-state index contributed by atoms with van der Waals surface area (Å²) in [6.07, 6.45) is 0. The van der Waals surface area contributed by atoms with Crippen molar-refractivity contribution in [2.75, 3.05) is 11.1 Å². The molecular formula is C14H18N4O. The first kappa shape index (κ1) is 13.1. The van der Waals surface area contributed by atoms with Crippen LogP contribution in [-0.2, 0) is 6.54 Å². The molecule has 1 aromatic carbocycles. The van der Waals surface area contributed by atoms with E-state index in [0.717, 1.165) is 11.3 Å². The Bertz CT molecular complexity index is 616. The van der Waals surface area contributed by atoms with Crippen LogP contribution >= 0.6 is 0 Å². The van der Waals surface area contributed by atoms with Crippen molar-refractivity contribution in [2.45, 2.75) is 27.3 Å². The highest BCUT2D eigenvalue weighted by Gasteiger charge is 2.19. The monoisotopic (exact) mass is 258 g/mol. The van der Waals surface area contributed by atoms with E-state index in [4.69, 9.17) is 5.73 Å². The molecule has 0 aliphatic carbocycles. The molecule has 1 amide bonds. The summed E-state index contributed by atoms with van der Waals surface area (Å²) in [5.41, 5.74) is 9.30. The van der Waals surface area contributed by atoms with Gasteiger partial charge in [0.25, 0.3) is 5.91 Å². The van der Waals surface area contributed by atoms with Gasteiger partial charge in [-0.3, -0.25) is 9.48 Å². The fraction of sp³-hybridized carbons (Fsp3) is 0.286. The first-order valence-electron chi connectivity index (χ1n) is 6.23. The Hall–Kier alpha value is -2.30. The number of aromatic nitrogens is 2. The van der Waals surface area contributed by atoms with E-state index in [0.29, 0.717) is 23.6 Å². The van der Waals surface area contributed by atoms with Crippen molar-refractivity contribution in [2.24, 2.45) is 0 Å². The second-order valence-electron chi connectivity index (χ2n) is 4.49. The van der Waals surface area contributed by atoms with Crippen LogP contribution in [0.1, 0.15) is 28.7 Å². The molecule has 0 spiro atoms. The molecule has 2 rings (SSSR count). The van der Waals surface area contributed by atoms with Gasteiger partial charge < -0.3 is 11.1 Å². The van der Waals surface area contributed by atoms with Crippen molar-refractivity contribution >= 4 is 17.3 Å². The van der Waals surface area contributed by atoms with E-state index in [-0.39, 0.29) is 5.91 Å². The van der Waals surface area contributed by atoms with Crippen molar-refractivity contribution in [3.8, 4) is 0 Å². The van der Waals surface area contributed by atoms with Crippen LogP contribution in [-0.4, -0.2) is 15.7 Å². The van der Waals surface area contributed by atoms with Crippen molar-refractivity contribution in [1.82, 2.24) is 9.78 Å². The summed E-state index contributed by atoms with van der Waals surface area (Å²) in [6, 6.07) is 7.63. The van der Waals surface area contributed by atoms with Gasteiger partial charge in [0.2, 0.25) is 0 Å². The van der Waals surface area contributed by atoms with Gasteiger partial charge in [0, 0.05) is 12.2 Å². The molecule has 0 unspecified atom stereocenters. The fourth-order valence-electron chi connectivity index (χ4n) is 1.98. The number of nitrogens with two attached hydrogens (primary N) is 1. The molecule has 3 N–H and O–H groups in total.